The van der Waals surface area contributed by atoms with Crippen molar-refractivity contribution < 1.29 is 14.3 Å². The topological polar surface area (TPSA) is 53.3 Å². The number of hydrogen-bond donors (Lipinski definition) is 0. The summed E-state index contributed by atoms with van der Waals surface area (Å²) < 4.78 is 5.67. The summed E-state index contributed by atoms with van der Waals surface area (Å²) in [5, 5.41) is 11.7. The first kappa shape index (κ1) is 9.55. The molecule has 0 aliphatic carbocycles. The number of hydrogen-bond acceptors (Lipinski definition) is 3. The number of halogens is 2. The zero-order chi connectivity index (χ0) is 10.3. The van der Waals surface area contributed by atoms with Crippen molar-refractivity contribution in [3.63, 3.8) is 0 Å². The summed E-state index contributed by atoms with van der Waals surface area (Å²) in [7, 11) is 0. The lowest BCUT2D eigenvalue weighted by atomic mass is 10.2. The third-order valence-electron chi connectivity index (χ3n) is 1.74. The lowest BCUT2D eigenvalue weighted by Crippen LogP contribution is -2.21. The zero-order valence-electron chi connectivity index (χ0n) is 6.71. The molecule has 0 amide bonds. The minimum absolute atomic E-state index is 0.206. The minimum atomic E-state index is -1.34. The van der Waals surface area contributed by atoms with Gasteiger partial charge in [0.1, 0.15) is 11.6 Å². The van der Waals surface area contributed by atoms with Crippen molar-refractivity contribution in [1.29, 1.82) is 0 Å². The van der Waals surface area contributed by atoms with E-state index in [2.05, 4.69) is 15.9 Å². The second-order valence-electron chi connectivity index (χ2n) is 2.70. The Morgan fingerprint density at radius 2 is 2.14 bits per heavy atom. The molecule has 0 fully saturated rings. The second kappa shape index (κ2) is 3.29. The summed E-state index contributed by atoms with van der Waals surface area (Å²) in [5.41, 5.74) is 0.452. The highest BCUT2D eigenvalue weighted by atomic mass is 79.9. The minimum Gasteiger partial charge on any atom is -0.542 e. The summed E-state index contributed by atoms with van der Waals surface area (Å²) in [4.78, 5) is 10.5. The van der Waals surface area contributed by atoms with Gasteiger partial charge in [-0.05, 0) is 34.1 Å². The zero-order valence-corrected chi connectivity index (χ0v) is 9.05. The van der Waals surface area contributed by atoms with Crippen LogP contribution in [0.15, 0.2) is 27.1 Å². The average molecular weight is 274 g/mol. The Hall–Kier alpha value is -1.00. The highest BCUT2D eigenvalue weighted by Gasteiger charge is 2.08. The molecule has 72 valence electrons. The van der Waals surface area contributed by atoms with Crippen LogP contribution < -0.4 is 5.11 Å². The summed E-state index contributed by atoms with van der Waals surface area (Å²) >= 11 is 9.00. The van der Waals surface area contributed by atoms with Crippen LogP contribution in [0.1, 0.15) is 10.6 Å². The van der Waals surface area contributed by atoms with Gasteiger partial charge in [0.25, 0.3) is 0 Å². The Bertz CT molecular complexity index is 518. The number of rotatable bonds is 1. The molecule has 0 aliphatic heterocycles. The molecule has 0 bridgehead atoms. The van der Waals surface area contributed by atoms with Crippen molar-refractivity contribution in [1.82, 2.24) is 0 Å². The van der Waals surface area contributed by atoms with E-state index < -0.39 is 5.97 Å². The molecule has 2 rings (SSSR count). The van der Waals surface area contributed by atoms with Gasteiger partial charge in [-0.15, -0.1) is 0 Å². The highest BCUT2D eigenvalue weighted by molar-refractivity contribution is 9.10. The van der Waals surface area contributed by atoms with E-state index in [0.29, 0.717) is 20.5 Å². The van der Waals surface area contributed by atoms with E-state index >= 15 is 0 Å². The number of carbonyl (C=O) groups is 1. The number of carboxylic acid groups (broad SMARTS) is 1. The summed E-state index contributed by atoms with van der Waals surface area (Å²) in [6.45, 7) is 0. The molecule has 14 heavy (non-hydrogen) atoms. The first-order chi connectivity index (χ1) is 6.58. The van der Waals surface area contributed by atoms with Crippen LogP contribution in [0.25, 0.3) is 11.0 Å². The van der Waals surface area contributed by atoms with Crippen LogP contribution in [0.2, 0.25) is 5.02 Å². The molecule has 0 unspecified atom stereocenters. The van der Waals surface area contributed by atoms with Gasteiger partial charge in [0.2, 0.25) is 0 Å². The highest BCUT2D eigenvalue weighted by Crippen LogP contribution is 2.30. The van der Waals surface area contributed by atoms with E-state index in [4.69, 9.17) is 16.0 Å². The van der Waals surface area contributed by atoms with Crippen LogP contribution in [0, 0.1) is 0 Å². The third kappa shape index (κ3) is 1.51. The Kier molecular flexibility index (Phi) is 2.25. The van der Waals surface area contributed by atoms with Crippen LogP contribution in [-0.2, 0) is 0 Å². The number of fused-ring (bicyclic) bond motifs is 1. The van der Waals surface area contributed by atoms with Crippen LogP contribution in [-0.4, -0.2) is 5.97 Å². The van der Waals surface area contributed by atoms with Crippen LogP contribution in [0.5, 0.6) is 0 Å². The normalized spacial score (nSPS) is 10.7. The molecule has 0 atom stereocenters. The molecule has 1 heterocycles. The fraction of sp³-hybridized carbons (Fsp3) is 0. The molecule has 3 nitrogen and oxygen atoms in total. The molecule has 0 radical (unpaired) electrons. The van der Waals surface area contributed by atoms with Crippen LogP contribution >= 0.6 is 27.5 Å². The molecule has 1 aromatic heterocycles. The van der Waals surface area contributed by atoms with Gasteiger partial charge in [0, 0.05) is 10.4 Å². The van der Waals surface area contributed by atoms with E-state index in [1.165, 1.54) is 6.07 Å². The van der Waals surface area contributed by atoms with Crippen molar-refractivity contribution >= 4 is 44.5 Å². The smallest absolute Gasteiger partial charge is 0.150 e. The number of furan rings is 1. The molecule has 0 N–H and O–H groups in total. The summed E-state index contributed by atoms with van der Waals surface area (Å²) in [5.74, 6) is -1.55. The SMILES string of the molecule is O=C([O-])c1cc2cc(Cl)cc(Br)c2o1. The van der Waals surface area contributed by atoms with Crippen LogP contribution in [0.3, 0.4) is 0 Å². The van der Waals surface area contributed by atoms with E-state index in [0.717, 1.165) is 0 Å². The maximum Gasteiger partial charge on any atom is 0.150 e. The fourth-order valence-electron chi connectivity index (χ4n) is 1.18. The third-order valence-corrected chi connectivity index (χ3v) is 2.54. The van der Waals surface area contributed by atoms with Gasteiger partial charge in [0.05, 0.1) is 4.47 Å². The lowest BCUT2D eigenvalue weighted by molar-refractivity contribution is -0.256. The Balaban J connectivity index is 2.76. The summed E-state index contributed by atoms with van der Waals surface area (Å²) in [6.07, 6.45) is 0. The van der Waals surface area contributed by atoms with E-state index in [1.54, 1.807) is 12.1 Å². The Labute approximate surface area is 92.4 Å². The predicted octanol–water partition coefficient (Wildman–Crippen LogP) is 2.21. The molecule has 1 aromatic carbocycles. The molecule has 0 spiro atoms. The molecule has 5 heteroatoms. The van der Waals surface area contributed by atoms with Crippen molar-refractivity contribution in [3.05, 3.63) is 33.5 Å². The largest absolute Gasteiger partial charge is 0.542 e. The molecular formula is C9H3BrClO3-. The van der Waals surface area contributed by atoms with E-state index in [1.807, 2.05) is 0 Å². The van der Waals surface area contributed by atoms with Gasteiger partial charge in [-0.2, -0.15) is 0 Å². The summed E-state index contributed by atoms with van der Waals surface area (Å²) in [6, 6.07) is 4.63. The second-order valence-corrected chi connectivity index (χ2v) is 3.99. The number of carboxylic acids is 1. The maximum absolute atomic E-state index is 10.5. The van der Waals surface area contributed by atoms with Gasteiger partial charge < -0.3 is 14.3 Å². The van der Waals surface area contributed by atoms with Gasteiger partial charge in [0.15, 0.2) is 5.76 Å². The number of carbonyl (C=O) groups excluding carboxylic acids is 1. The van der Waals surface area contributed by atoms with E-state index in [9.17, 15) is 9.90 Å². The van der Waals surface area contributed by atoms with Gasteiger partial charge >= 0.3 is 0 Å². The van der Waals surface area contributed by atoms with Crippen molar-refractivity contribution in [3.8, 4) is 0 Å². The van der Waals surface area contributed by atoms with Gasteiger partial charge in [-0.3, -0.25) is 0 Å². The maximum atomic E-state index is 10.5. The van der Waals surface area contributed by atoms with Crippen molar-refractivity contribution in [2.45, 2.75) is 0 Å². The molecular weight excluding hydrogens is 271 g/mol. The van der Waals surface area contributed by atoms with E-state index in [-0.39, 0.29) is 5.76 Å². The van der Waals surface area contributed by atoms with Crippen molar-refractivity contribution in [2.24, 2.45) is 0 Å². The molecule has 0 saturated carbocycles. The average Bonchev–Trinajstić information content (AvgIpc) is 2.47. The Morgan fingerprint density at radius 3 is 2.79 bits per heavy atom. The molecule has 0 aliphatic rings. The predicted molar refractivity (Wildman–Crippen MR) is 53.3 cm³/mol. The van der Waals surface area contributed by atoms with Gasteiger partial charge in [-0.1, -0.05) is 11.6 Å². The standard InChI is InChI=1S/C9H4BrClO3/c10-6-3-5(11)1-4-2-7(9(12)13)14-8(4)6/h1-3H,(H,12,13)/p-1. The van der Waals surface area contributed by atoms with Gasteiger partial charge in [-0.25, -0.2) is 0 Å². The Morgan fingerprint density at radius 1 is 1.43 bits per heavy atom. The van der Waals surface area contributed by atoms with Crippen LogP contribution in [0.4, 0.5) is 0 Å². The van der Waals surface area contributed by atoms with Crippen molar-refractivity contribution in [2.75, 3.05) is 0 Å². The lowest BCUT2D eigenvalue weighted by Gasteiger charge is -1.94. The first-order valence-electron chi connectivity index (χ1n) is 3.68. The first-order valence-corrected chi connectivity index (χ1v) is 4.85. The monoisotopic (exact) mass is 273 g/mol. The molecule has 2 aromatic rings. The quantitative estimate of drug-likeness (QED) is 0.801. The number of aromatic carboxylic acids is 1. The fourth-order valence-corrected chi connectivity index (χ4v) is 2.09. The molecule has 0 saturated heterocycles. The number of benzene rings is 1.